The lowest BCUT2D eigenvalue weighted by Crippen LogP contribution is -1.99. The number of aromatic amines is 1. The maximum Gasteiger partial charge on any atom is 0.300 e. The Morgan fingerprint density at radius 2 is 2.24 bits per heavy atom. The fourth-order valence-electron chi connectivity index (χ4n) is 1.31. The lowest BCUT2D eigenvalue weighted by molar-refractivity contribution is -0.134. The zero-order chi connectivity index (χ0) is 12.8. The highest BCUT2D eigenvalue weighted by molar-refractivity contribution is 5.62. The first-order valence-electron chi connectivity index (χ1n) is 5.15. The Kier molecular flexibility index (Phi) is 4.38. The molecule has 2 N–H and O–H groups in total. The highest BCUT2D eigenvalue weighted by Gasteiger charge is 2.08. The molecule has 7 heteroatoms. The molecule has 92 valence electrons. The maximum atomic E-state index is 9.00. The Labute approximate surface area is 98.5 Å². The SMILES string of the molecule is CC(=O)O.CCn1nc(C)cc1-c1nnc[nH]1. The van der Waals surface area contributed by atoms with Gasteiger partial charge in [-0.25, -0.2) is 0 Å². The highest BCUT2D eigenvalue weighted by atomic mass is 16.4. The lowest BCUT2D eigenvalue weighted by Gasteiger charge is -1.98. The molecular weight excluding hydrogens is 222 g/mol. The van der Waals surface area contributed by atoms with E-state index in [0.717, 1.165) is 30.7 Å². The number of carboxylic acids is 1. The minimum Gasteiger partial charge on any atom is -0.481 e. The van der Waals surface area contributed by atoms with Crippen LogP contribution in [0.25, 0.3) is 11.5 Å². The summed E-state index contributed by atoms with van der Waals surface area (Å²) in [5.74, 6) is -0.0672. The second-order valence-corrected chi connectivity index (χ2v) is 3.34. The predicted molar refractivity (Wildman–Crippen MR) is 61.3 cm³/mol. The molecule has 2 aromatic rings. The second kappa shape index (κ2) is 5.78. The lowest BCUT2D eigenvalue weighted by atomic mass is 10.3. The third-order valence-electron chi connectivity index (χ3n) is 1.86. The fourth-order valence-corrected chi connectivity index (χ4v) is 1.31. The van der Waals surface area contributed by atoms with E-state index in [9.17, 15) is 0 Å². The Morgan fingerprint density at radius 3 is 2.71 bits per heavy atom. The number of rotatable bonds is 2. The number of hydrogen-bond donors (Lipinski definition) is 2. The normalized spacial score (nSPS) is 9.59. The molecule has 0 amide bonds. The van der Waals surface area contributed by atoms with Crippen molar-refractivity contribution in [2.24, 2.45) is 0 Å². The smallest absolute Gasteiger partial charge is 0.300 e. The van der Waals surface area contributed by atoms with Gasteiger partial charge in [-0.15, -0.1) is 10.2 Å². The van der Waals surface area contributed by atoms with Crippen molar-refractivity contribution in [3.8, 4) is 11.5 Å². The molecule has 2 heterocycles. The molecule has 2 aromatic heterocycles. The van der Waals surface area contributed by atoms with Gasteiger partial charge in [0.25, 0.3) is 5.97 Å². The van der Waals surface area contributed by atoms with Gasteiger partial charge >= 0.3 is 0 Å². The van der Waals surface area contributed by atoms with Gasteiger partial charge in [-0.05, 0) is 19.9 Å². The third-order valence-corrected chi connectivity index (χ3v) is 1.86. The van der Waals surface area contributed by atoms with Gasteiger partial charge in [0, 0.05) is 13.5 Å². The Bertz CT molecular complexity index is 471. The quantitative estimate of drug-likeness (QED) is 0.814. The summed E-state index contributed by atoms with van der Waals surface area (Å²) >= 11 is 0. The van der Waals surface area contributed by atoms with Crippen molar-refractivity contribution in [2.75, 3.05) is 0 Å². The number of nitrogens with one attached hydrogen (secondary N) is 1. The zero-order valence-corrected chi connectivity index (χ0v) is 10.0. The Balaban J connectivity index is 0.000000317. The molecule has 0 radical (unpaired) electrons. The molecule has 0 spiro atoms. The van der Waals surface area contributed by atoms with Crippen LogP contribution in [0.5, 0.6) is 0 Å². The third kappa shape index (κ3) is 3.71. The van der Waals surface area contributed by atoms with E-state index in [0.29, 0.717) is 0 Å². The van der Waals surface area contributed by atoms with E-state index in [1.165, 1.54) is 0 Å². The van der Waals surface area contributed by atoms with Crippen molar-refractivity contribution in [3.05, 3.63) is 18.1 Å². The molecule has 0 aliphatic rings. The van der Waals surface area contributed by atoms with Crippen LogP contribution < -0.4 is 0 Å². The van der Waals surface area contributed by atoms with Crippen molar-refractivity contribution < 1.29 is 9.90 Å². The van der Waals surface area contributed by atoms with Crippen LogP contribution in [0.4, 0.5) is 0 Å². The van der Waals surface area contributed by atoms with Gasteiger partial charge in [0.05, 0.1) is 5.69 Å². The summed E-state index contributed by atoms with van der Waals surface area (Å²) in [5, 5.41) is 19.4. The van der Waals surface area contributed by atoms with Crippen LogP contribution in [0, 0.1) is 6.92 Å². The van der Waals surface area contributed by atoms with Gasteiger partial charge in [-0.1, -0.05) is 0 Å². The van der Waals surface area contributed by atoms with Crippen LogP contribution in [0.2, 0.25) is 0 Å². The highest BCUT2D eigenvalue weighted by Crippen LogP contribution is 2.14. The number of H-pyrrole nitrogens is 1. The predicted octanol–water partition coefficient (Wildman–Crippen LogP) is 1.09. The summed E-state index contributed by atoms with van der Waals surface area (Å²) in [6.45, 7) is 5.93. The summed E-state index contributed by atoms with van der Waals surface area (Å²) in [6, 6.07) is 1.99. The van der Waals surface area contributed by atoms with E-state index >= 15 is 0 Å². The summed E-state index contributed by atoms with van der Waals surface area (Å²) in [6.07, 6.45) is 1.57. The minimum absolute atomic E-state index is 0.766. The van der Waals surface area contributed by atoms with Crippen LogP contribution in [-0.2, 0) is 11.3 Å². The van der Waals surface area contributed by atoms with Gasteiger partial charge in [0.2, 0.25) is 0 Å². The first kappa shape index (κ1) is 12.9. The zero-order valence-electron chi connectivity index (χ0n) is 10.0. The summed E-state index contributed by atoms with van der Waals surface area (Å²) < 4.78 is 1.90. The van der Waals surface area contributed by atoms with Gasteiger partial charge in [-0.3, -0.25) is 9.48 Å². The number of nitrogens with zero attached hydrogens (tertiary/aromatic N) is 4. The summed E-state index contributed by atoms with van der Waals surface area (Å²) in [4.78, 5) is 12.0. The minimum atomic E-state index is -0.833. The van der Waals surface area contributed by atoms with Gasteiger partial charge < -0.3 is 10.1 Å². The molecule has 0 aliphatic carbocycles. The van der Waals surface area contributed by atoms with Crippen LogP contribution in [-0.4, -0.2) is 36.0 Å². The van der Waals surface area contributed by atoms with E-state index < -0.39 is 5.97 Å². The molecule has 0 aliphatic heterocycles. The van der Waals surface area contributed by atoms with E-state index in [4.69, 9.17) is 9.90 Å². The Morgan fingerprint density at radius 1 is 1.59 bits per heavy atom. The topological polar surface area (TPSA) is 96.7 Å². The van der Waals surface area contributed by atoms with E-state index in [1.807, 2.05) is 24.6 Å². The molecule has 0 saturated carbocycles. The van der Waals surface area contributed by atoms with Crippen LogP contribution in [0.1, 0.15) is 19.5 Å². The first-order chi connectivity index (χ1) is 8.04. The molecule has 0 unspecified atom stereocenters. The van der Waals surface area contributed by atoms with Crippen LogP contribution in [0.15, 0.2) is 12.4 Å². The number of hydrogen-bond acceptors (Lipinski definition) is 4. The van der Waals surface area contributed by atoms with Crippen LogP contribution in [0.3, 0.4) is 0 Å². The van der Waals surface area contributed by atoms with Gasteiger partial charge in [0.15, 0.2) is 5.82 Å². The van der Waals surface area contributed by atoms with Crippen molar-refractivity contribution >= 4 is 5.97 Å². The summed E-state index contributed by atoms with van der Waals surface area (Å²) in [5.41, 5.74) is 1.98. The maximum absolute atomic E-state index is 9.00. The number of carbonyl (C=O) groups is 1. The van der Waals surface area contributed by atoms with Gasteiger partial charge in [0.1, 0.15) is 12.0 Å². The van der Waals surface area contributed by atoms with Crippen molar-refractivity contribution in [3.63, 3.8) is 0 Å². The molecule has 0 saturated heterocycles. The largest absolute Gasteiger partial charge is 0.481 e. The standard InChI is InChI=1S/C8H11N5.C2H4O2/c1-3-13-7(4-6(2)12-13)8-9-5-10-11-8;1-2(3)4/h4-5H,3H2,1-2H3,(H,9,10,11);1H3,(H,3,4). The number of aryl methyl sites for hydroxylation is 2. The monoisotopic (exact) mass is 237 g/mol. The molecule has 0 bridgehead atoms. The van der Waals surface area contributed by atoms with Crippen molar-refractivity contribution in [1.29, 1.82) is 0 Å². The van der Waals surface area contributed by atoms with E-state index in [-0.39, 0.29) is 0 Å². The molecular formula is C10H15N5O2. The average Bonchev–Trinajstić information content (AvgIpc) is 2.84. The number of aliphatic carboxylic acids is 1. The Hall–Kier alpha value is -2.18. The van der Waals surface area contributed by atoms with E-state index in [2.05, 4.69) is 20.3 Å². The van der Waals surface area contributed by atoms with Gasteiger partial charge in [-0.2, -0.15) is 5.10 Å². The number of carboxylic acid groups (broad SMARTS) is 1. The molecule has 0 fully saturated rings. The molecule has 17 heavy (non-hydrogen) atoms. The molecule has 0 atom stereocenters. The second-order valence-electron chi connectivity index (χ2n) is 3.34. The molecule has 2 rings (SSSR count). The van der Waals surface area contributed by atoms with E-state index in [1.54, 1.807) is 6.33 Å². The number of aromatic nitrogens is 5. The summed E-state index contributed by atoms with van der Waals surface area (Å²) in [7, 11) is 0. The fraction of sp³-hybridized carbons (Fsp3) is 0.400. The molecule has 7 nitrogen and oxygen atoms in total. The van der Waals surface area contributed by atoms with Crippen molar-refractivity contribution in [1.82, 2.24) is 25.0 Å². The van der Waals surface area contributed by atoms with Crippen LogP contribution >= 0.6 is 0 Å². The van der Waals surface area contributed by atoms with Crippen molar-refractivity contribution in [2.45, 2.75) is 27.3 Å². The molecule has 0 aromatic carbocycles. The first-order valence-corrected chi connectivity index (χ1v) is 5.15. The average molecular weight is 237 g/mol.